The normalized spacial score (nSPS) is 17.9. The van der Waals surface area contributed by atoms with Crippen molar-refractivity contribution in [3.63, 3.8) is 0 Å². The first-order chi connectivity index (χ1) is 8.69. The topological polar surface area (TPSA) is 41.3 Å². The van der Waals surface area contributed by atoms with E-state index in [0.29, 0.717) is 6.04 Å². The smallest absolute Gasteiger partial charge is 0.0345 e. The summed E-state index contributed by atoms with van der Waals surface area (Å²) < 4.78 is 0. The summed E-state index contributed by atoms with van der Waals surface area (Å²) in [5.74, 6) is 0. The number of likely N-dealkylation sites (tertiary alicyclic amines) is 1. The molecule has 3 nitrogen and oxygen atoms in total. The van der Waals surface area contributed by atoms with Crippen molar-refractivity contribution in [1.29, 1.82) is 0 Å². The van der Waals surface area contributed by atoms with Gasteiger partial charge in [0.15, 0.2) is 0 Å². The SMILES string of the molecule is Cc1ccc(NC2CCN(CCN)CC2)cc1C. The second kappa shape index (κ2) is 6.21. The summed E-state index contributed by atoms with van der Waals surface area (Å²) in [7, 11) is 0. The van der Waals surface area contributed by atoms with Gasteiger partial charge in [-0.3, -0.25) is 0 Å². The lowest BCUT2D eigenvalue weighted by Crippen LogP contribution is -2.41. The third kappa shape index (κ3) is 3.47. The van der Waals surface area contributed by atoms with Crippen molar-refractivity contribution in [1.82, 2.24) is 4.90 Å². The van der Waals surface area contributed by atoms with Crippen molar-refractivity contribution >= 4 is 5.69 Å². The fourth-order valence-electron chi connectivity index (χ4n) is 2.55. The van der Waals surface area contributed by atoms with E-state index in [1.807, 2.05) is 0 Å². The zero-order valence-corrected chi connectivity index (χ0v) is 11.6. The van der Waals surface area contributed by atoms with E-state index in [1.165, 1.54) is 42.7 Å². The highest BCUT2D eigenvalue weighted by Crippen LogP contribution is 2.19. The molecule has 0 aliphatic carbocycles. The van der Waals surface area contributed by atoms with Crippen molar-refractivity contribution in [2.75, 3.05) is 31.5 Å². The first-order valence-corrected chi connectivity index (χ1v) is 6.95. The number of hydrogen-bond acceptors (Lipinski definition) is 3. The zero-order valence-electron chi connectivity index (χ0n) is 11.6. The predicted octanol–water partition coefficient (Wildman–Crippen LogP) is 2.14. The van der Waals surface area contributed by atoms with Crippen molar-refractivity contribution in [2.45, 2.75) is 32.7 Å². The summed E-state index contributed by atoms with van der Waals surface area (Å²) in [4.78, 5) is 2.46. The van der Waals surface area contributed by atoms with Crippen LogP contribution in [0.25, 0.3) is 0 Å². The van der Waals surface area contributed by atoms with E-state index in [0.717, 1.165) is 13.1 Å². The van der Waals surface area contributed by atoms with Gasteiger partial charge in [-0.1, -0.05) is 6.07 Å². The van der Waals surface area contributed by atoms with Crippen LogP contribution in [-0.4, -0.2) is 37.1 Å². The van der Waals surface area contributed by atoms with Crippen LogP contribution in [0.3, 0.4) is 0 Å². The minimum Gasteiger partial charge on any atom is -0.382 e. The summed E-state index contributed by atoms with van der Waals surface area (Å²) in [6.45, 7) is 8.47. The molecule has 3 heteroatoms. The molecule has 100 valence electrons. The van der Waals surface area contributed by atoms with E-state index in [9.17, 15) is 0 Å². The average molecular weight is 247 g/mol. The molecule has 1 fully saturated rings. The summed E-state index contributed by atoms with van der Waals surface area (Å²) in [6.07, 6.45) is 2.43. The monoisotopic (exact) mass is 247 g/mol. The molecule has 0 saturated carbocycles. The maximum atomic E-state index is 5.59. The molecule has 3 N–H and O–H groups in total. The summed E-state index contributed by atoms with van der Waals surface area (Å²) in [5, 5.41) is 3.65. The fourth-order valence-corrected chi connectivity index (χ4v) is 2.55. The van der Waals surface area contributed by atoms with E-state index < -0.39 is 0 Å². The molecular formula is C15H25N3. The highest BCUT2D eigenvalue weighted by Gasteiger charge is 2.18. The fraction of sp³-hybridized carbons (Fsp3) is 0.600. The van der Waals surface area contributed by atoms with Gasteiger partial charge in [0.05, 0.1) is 0 Å². The molecule has 1 aliphatic heterocycles. The predicted molar refractivity (Wildman–Crippen MR) is 78.1 cm³/mol. The Morgan fingerprint density at radius 3 is 2.56 bits per heavy atom. The number of nitrogens with two attached hydrogens (primary N) is 1. The minimum absolute atomic E-state index is 0.612. The molecule has 0 atom stereocenters. The largest absolute Gasteiger partial charge is 0.382 e. The third-order valence-electron chi connectivity index (χ3n) is 3.91. The van der Waals surface area contributed by atoms with Gasteiger partial charge in [-0.25, -0.2) is 0 Å². The first-order valence-electron chi connectivity index (χ1n) is 6.95. The Bertz CT molecular complexity index is 381. The number of nitrogens with one attached hydrogen (secondary N) is 1. The van der Waals surface area contributed by atoms with E-state index in [-0.39, 0.29) is 0 Å². The van der Waals surface area contributed by atoms with Crippen LogP contribution in [0.15, 0.2) is 18.2 Å². The summed E-state index contributed by atoms with van der Waals surface area (Å²) in [5.41, 5.74) is 9.57. The molecular weight excluding hydrogens is 222 g/mol. The van der Waals surface area contributed by atoms with E-state index >= 15 is 0 Å². The first kappa shape index (κ1) is 13.4. The van der Waals surface area contributed by atoms with Crippen LogP contribution in [0.4, 0.5) is 5.69 Å². The Kier molecular flexibility index (Phi) is 4.61. The van der Waals surface area contributed by atoms with Crippen LogP contribution >= 0.6 is 0 Å². The third-order valence-corrected chi connectivity index (χ3v) is 3.91. The van der Waals surface area contributed by atoms with E-state index in [4.69, 9.17) is 5.73 Å². The second-order valence-electron chi connectivity index (χ2n) is 5.35. The molecule has 1 heterocycles. The second-order valence-corrected chi connectivity index (χ2v) is 5.35. The number of rotatable bonds is 4. The van der Waals surface area contributed by atoms with Crippen LogP contribution in [0.1, 0.15) is 24.0 Å². The molecule has 0 amide bonds. The molecule has 0 bridgehead atoms. The average Bonchev–Trinajstić information content (AvgIpc) is 2.37. The Balaban J connectivity index is 1.85. The van der Waals surface area contributed by atoms with Gasteiger partial charge in [0, 0.05) is 37.9 Å². The van der Waals surface area contributed by atoms with Gasteiger partial charge in [-0.15, -0.1) is 0 Å². The standard InChI is InChI=1S/C15H25N3/c1-12-3-4-15(11-13(12)2)17-14-5-8-18(9-6-14)10-7-16/h3-4,11,14,17H,5-10,16H2,1-2H3. The van der Waals surface area contributed by atoms with Crippen molar-refractivity contribution < 1.29 is 0 Å². The molecule has 1 aliphatic rings. The lowest BCUT2D eigenvalue weighted by molar-refractivity contribution is 0.224. The Morgan fingerprint density at radius 1 is 1.22 bits per heavy atom. The van der Waals surface area contributed by atoms with Crippen LogP contribution in [0, 0.1) is 13.8 Å². The zero-order chi connectivity index (χ0) is 13.0. The van der Waals surface area contributed by atoms with Crippen molar-refractivity contribution in [2.24, 2.45) is 5.73 Å². The van der Waals surface area contributed by atoms with Gasteiger partial charge >= 0.3 is 0 Å². The number of piperidine rings is 1. The molecule has 2 rings (SSSR count). The van der Waals surface area contributed by atoms with Gasteiger partial charge in [-0.2, -0.15) is 0 Å². The van der Waals surface area contributed by atoms with Gasteiger partial charge in [0.2, 0.25) is 0 Å². The lowest BCUT2D eigenvalue weighted by Gasteiger charge is -2.32. The number of hydrogen-bond donors (Lipinski definition) is 2. The molecule has 0 spiro atoms. The summed E-state index contributed by atoms with van der Waals surface area (Å²) >= 11 is 0. The molecule has 0 radical (unpaired) electrons. The molecule has 1 aromatic carbocycles. The minimum atomic E-state index is 0.612. The number of benzene rings is 1. The van der Waals surface area contributed by atoms with Crippen molar-refractivity contribution in [3.05, 3.63) is 29.3 Å². The van der Waals surface area contributed by atoms with E-state index in [2.05, 4.69) is 42.3 Å². The molecule has 0 aromatic heterocycles. The van der Waals surface area contributed by atoms with E-state index in [1.54, 1.807) is 0 Å². The molecule has 0 unspecified atom stereocenters. The van der Waals surface area contributed by atoms with Gasteiger partial charge in [0.25, 0.3) is 0 Å². The number of nitrogens with zero attached hydrogens (tertiary/aromatic N) is 1. The van der Waals surface area contributed by atoms with Crippen LogP contribution in [-0.2, 0) is 0 Å². The Labute approximate surface area is 110 Å². The molecule has 1 saturated heterocycles. The van der Waals surface area contributed by atoms with Gasteiger partial charge in [-0.05, 0) is 49.9 Å². The highest BCUT2D eigenvalue weighted by molar-refractivity contribution is 5.48. The Hall–Kier alpha value is -1.06. The maximum Gasteiger partial charge on any atom is 0.0345 e. The van der Waals surface area contributed by atoms with Crippen LogP contribution < -0.4 is 11.1 Å². The quantitative estimate of drug-likeness (QED) is 0.856. The molecule has 1 aromatic rings. The van der Waals surface area contributed by atoms with Gasteiger partial charge in [0.1, 0.15) is 0 Å². The van der Waals surface area contributed by atoms with Gasteiger partial charge < -0.3 is 16.0 Å². The Morgan fingerprint density at radius 2 is 1.94 bits per heavy atom. The summed E-state index contributed by atoms with van der Waals surface area (Å²) in [6, 6.07) is 7.25. The molecule has 18 heavy (non-hydrogen) atoms. The van der Waals surface area contributed by atoms with Crippen molar-refractivity contribution in [3.8, 4) is 0 Å². The number of aryl methyl sites for hydroxylation is 2. The van der Waals surface area contributed by atoms with Crippen LogP contribution in [0.5, 0.6) is 0 Å². The number of anilines is 1. The highest BCUT2D eigenvalue weighted by atomic mass is 15.1. The van der Waals surface area contributed by atoms with Crippen LogP contribution in [0.2, 0.25) is 0 Å². The maximum absolute atomic E-state index is 5.59. The lowest BCUT2D eigenvalue weighted by atomic mass is 10.0.